The van der Waals surface area contributed by atoms with Crippen LogP contribution in [0.3, 0.4) is 0 Å². The van der Waals surface area contributed by atoms with Gasteiger partial charge in [-0.2, -0.15) is 0 Å². The lowest BCUT2D eigenvalue weighted by Gasteiger charge is -2.25. The predicted molar refractivity (Wildman–Crippen MR) is 76.6 cm³/mol. The van der Waals surface area contributed by atoms with Gasteiger partial charge in [0.25, 0.3) is 0 Å². The van der Waals surface area contributed by atoms with Crippen molar-refractivity contribution < 1.29 is 23.5 Å². The minimum Gasteiger partial charge on any atom is -0.467 e. The highest BCUT2D eigenvalue weighted by atomic mass is 19.1. The van der Waals surface area contributed by atoms with Crippen LogP contribution in [0.2, 0.25) is 0 Å². The van der Waals surface area contributed by atoms with Crippen LogP contribution in [-0.4, -0.2) is 42.4 Å². The molecule has 1 saturated carbocycles. The first-order valence-corrected chi connectivity index (χ1v) is 7.28. The Labute approximate surface area is 125 Å². The first-order chi connectivity index (χ1) is 9.54. The Balaban J connectivity index is 2.49. The number of halogens is 1. The molecule has 21 heavy (non-hydrogen) atoms. The molecule has 5 nitrogen and oxygen atoms in total. The highest BCUT2D eigenvalue weighted by molar-refractivity contribution is 5.84. The number of hydrogen-bond acceptors (Lipinski definition) is 4. The number of nitrogens with one attached hydrogen (secondary N) is 1. The summed E-state index contributed by atoms with van der Waals surface area (Å²) >= 11 is 0. The average Bonchev–Trinajstić information content (AvgIpc) is 3.02. The standard InChI is InChI=1S/C15H26FNO4/c1-10(21-14(2,3)4)8-12(18)17-11(13(19)20-5)9-15(16)6-7-15/h10-11H,6-9H2,1-5H3,(H,17,18)/t10-,11+/m1/s1. The van der Waals surface area contributed by atoms with E-state index in [1.54, 1.807) is 6.92 Å². The molecule has 0 heterocycles. The lowest BCUT2D eigenvalue weighted by molar-refractivity contribution is -0.146. The fraction of sp³-hybridized carbons (Fsp3) is 0.867. The predicted octanol–water partition coefficient (Wildman–Crippen LogP) is 2.13. The maximum Gasteiger partial charge on any atom is 0.328 e. The van der Waals surface area contributed by atoms with E-state index in [1.807, 2.05) is 20.8 Å². The van der Waals surface area contributed by atoms with Crippen molar-refractivity contribution >= 4 is 11.9 Å². The molecule has 1 aliphatic rings. The third-order valence-corrected chi connectivity index (χ3v) is 3.21. The molecule has 1 fully saturated rings. The molecule has 2 atom stereocenters. The Hall–Kier alpha value is -1.17. The fourth-order valence-corrected chi connectivity index (χ4v) is 2.20. The number of amides is 1. The molecular formula is C15H26FNO4. The van der Waals surface area contributed by atoms with Crippen molar-refractivity contribution in [3.8, 4) is 0 Å². The molecule has 122 valence electrons. The van der Waals surface area contributed by atoms with E-state index >= 15 is 0 Å². The highest BCUT2D eigenvalue weighted by Crippen LogP contribution is 2.43. The monoisotopic (exact) mass is 303 g/mol. The topological polar surface area (TPSA) is 64.6 Å². The van der Waals surface area contributed by atoms with Gasteiger partial charge in [-0.05, 0) is 40.5 Å². The number of esters is 1. The van der Waals surface area contributed by atoms with E-state index in [0.717, 1.165) is 0 Å². The molecule has 0 saturated heterocycles. The molecule has 0 radical (unpaired) electrons. The number of alkyl halides is 1. The van der Waals surface area contributed by atoms with Crippen LogP contribution in [0.15, 0.2) is 0 Å². The smallest absolute Gasteiger partial charge is 0.328 e. The van der Waals surface area contributed by atoms with E-state index in [-0.39, 0.29) is 30.5 Å². The van der Waals surface area contributed by atoms with Crippen LogP contribution in [-0.2, 0) is 19.1 Å². The Bertz CT molecular complexity index is 388. The minimum absolute atomic E-state index is 0.0279. The maximum absolute atomic E-state index is 13.8. The van der Waals surface area contributed by atoms with Gasteiger partial charge in [0, 0.05) is 6.42 Å². The van der Waals surface area contributed by atoms with E-state index in [9.17, 15) is 14.0 Å². The van der Waals surface area contributed by atoms with Crippen LogP contribution in [0.25, 0.3) is 0 Å². The Morgan fingerprint density at radius 2 is 1.90 bits per heavy atom. The molecule has 6 heteroatoms. The van der Waals surface area contributed by atoms with Crippen LogP contribution in [0.1, 0.15) is 53.4 Å². The lowest BCUT2D eigenvalue weighted by atomic mass is 10.1. The lowest BCUT2D eigenvalue weighted by Crippen LogP contribution is -2.44. The molecule has 0 aliphatic heterocycles. The van der Waals surface area contributed by atoms with Gasteiger partial charge in [-0.1, -0.05) is 0 Å². The van der Waals surface area contributed by atoms with Crippen molar-refractivity contribution in [2.24, 2.45) is 0 Å². The number of carbonyl (C=O) groups excluding carboxylic acids is 2. The van der Waals surface area contributed by atoms with E-state index in [0.29, 0.717) is 12.8 Å². The van der Waals surface area contributed by atoms with E-state index in [1.165, 1.54) is 7.11 Å². The highest BCUT2D eigenvalue weighted by Gasteiger charge is 2.46. The zero-order chi connectivity index (χ0) is 16.3. The van der Waals surface area contributed by atoms with E-state index in [2.05, 4.69) is 10.1 Å². The molecule has 0 aromatic rings. The summed E-state index contributed by atoms with van der Waals surface area (Å²) in [5.74, 6) is -0.955. The maximum atomic E-state index is 13.8. The van der Waals surface area contributed by atoms with E-state index in [4.69, 9.17) is 4.74 Å². The molecule has 0 aromatic carbocycles. The van der Waals surface area contributed by atoms with Gasteiger partial charge >= 0.3 is 5.97 Å². The molecule has 0 bridgehead atoms. The van der Waals surface area contributed by atoms with E-state index < -0.39 is 17.7 Å². The van der Waals surface area contributed by atoms with Crippen LogP contribution in [0.4, 0.5) is 4.39 Å². The van der Waals surface area contributed by atoms with Crippen molar-refractivity contribution in [3.05, 3.63) is 0 Å². The normalized spacial score (nSPS) is 19.5. The summed E-state index contributed by atoms with van der Waals surface area (Å²) in [5, 5.41) is 2.55. The number of carbonyl (C=O) groups is 2. The van der Waals surface area contributed by atoms with Gasteiger partial charge in [0.1, 0.15) is 11.7 Å². The second-order valence-corrected chi connectivity index (χ2v) is 6.74. The molecule has 0 unspecified atom stereocenters. The van der Waals surface area contributed by atoms with Crippen molar-refractivity contribution in [1.29, 1.82) is 0 Å². The third kappa shape index (κ3) is 6.89. The zero-order valence-corrected chi connectivity index (χ0v) is 13.5. The molecule has 0 aromatic heterocycles. The van der Waals surface area contributed by atoms with Crippen molar-refractivity contribution in [3.63, 3.8) is 0 Å². The van der Waals surface area contributed by atoms with Crippen LogP contribution in [0, 0.1) is 0 Å². The van der Waals surface area contributed by atoms with Gasteiger partial charge in [0.2, 0.25) is 5.91 Å². The van der Waals surface area contributed by atoms with Crippen LogP contribution < -0.4 is 5.32 Å². The Morgan fingerprint density at radius 1 is 1.33 bits per heavy atom. The Morgan fingerprint density at radius 3 is 2.33 bits per heavy atom. The summed E-state index contributed by atoms with van der Waals surface area (Å²) in [6, 6.07) is -0.933. The second kappa shape index (κ2) is 6.73. The minimum atomic E-state index is -1.33. The number of rotatable bonds is 7. The largest absolute Gasteiger partial charge is 0.467 e. The number of methoxy groups -OCH3 is 1. The summed E-state index contributed by atoms with van der Waals surface area (Å²) in [4.78, 5) is 23.6. The van der Waals surface area contributed by atoms with Gasteiger partial charge in [0.15, 0.2) is 0 Å². The van der Waals surface area contributed by atoms with Gasteiger partial charge in [0.05, 0.1) is 25.2 Å². The quantitative estimate of drug-likeness (QED) is 0.732. The van der Waals surface area contributed by atoms with Gasteiger partial charge in [-0.15, -0.1) is 0 Å². The van der Waals surface area contributed by atoms with Gasteiger partial charge in [-0.3, -0.25) is 4.79 Å². The average molecular weight is 303 g/mol. The SMILES string of the molecule is COC(=O)[C@H](CC1(F)CC1)NC(=O)C[C@@H](C)OC(C)(C)C. The van der Waals surface area contributed by atoms with Crippen LogP contribution >= 0.6 is 0 Å². The van der Waals surface area contributed by atoms with Gasteiger partial charge < -0.3 is 14.8 Å². The summed E-state index contributed by atoms with van der Waals surface area (Å²) in [7, 11) is 1.23. The second-order valence-electron chi connectivity index (χ2n) is 6.74. The molecule has 0 spiro atoms. The first-order valence-electron chi connectivity index (χ1n) is 7.28. The van der Waals surface area contributed by atoms with Crippen molar-refractivity contribution in [2.45, 2.75) is 76.8 Å². The molecule has 1 amide bonds. The molecule has 1 rings (SSSR count). The zero-order valence-electron chi connectivity index (χ0n) is 13.5. The van der Waals surface area contributed by atoms with Gasteiger partial charge in [-0.25, -0.2) is 9.18 Å². The Kier molecular flexibility index (Phi) is 5.73. The van der Waals surface area contributed by atoms with Crippen LogP contribution in [0.5, 0.6) is 0 Å². The van der Waals surface area contributed by atoms with Crippen molar-refractivity contribution in [2.75, 3.05) is 7.11 Å². The summed E-state index contributed by atoms with van der Waals surface area (Å²) in [6.45, 7) is 7.49. The molecule has 1 aliphatic carbocycles. The fourth-order valence-electron chi connectivity index (χ4n) is 2.20. The number of ether oxygens (including phenoxy) is 2. The molecule has 1 N–H and O–H groups in total. The first kappa shape index (κ1) is 17.9. The summed E-state index contributed by atoms with van der Waals surface area (Å²) < 4.78 is 24.1. The summed E-state index contributed by atoms with van der Waals surface area (Å²) in [5.41, 5.74) is -1.68. The summed E-state index contributed by atoms with van der Waals surface area (Å²) in [6.07, 6.45) is 0.660. The van der Waals surface area contributed by atoms with Crippen molar-refractivity contribution in [1.82, 2.24) is 5.32 Å². The molecular weight excluding hydrogens is 277 g/mol. The number of hydrogen-bond donors (Lipinski definition) is 1. The third-order valence-electron chi connectivity index (χ3n) is 3.21.